The van der Waals surface area contributed by atoms with E-state index in [9.17, 15) is 4.79 Å². The Morgan fingerprint density at radius 1 is 1.45 bits per heavy atom. The number of aliphatic carboxylic acids is 1. The van der Waals surface area contributed by atoms with Crippen molar-refractivity contribution in [2.24, 2.45) is 0 Å². The Balaban J connectivity index is 2.54. The molecule has 1 aromatic carbocycles. The summed E-state index contributed by atoms with van der Waals surface area (Å²) in [6.07, 6.45) is 1.64. The Morgan fingerprint density at radius 2 is 2.15 bits per heavy atom. The van der Waals surface area contributed by atoms with E-state index < -0.39 is 13.0 Å². The smallest absolute Gasteiger partial charge is 0.303 e. The van der Waals surface area contributed by atoms with Crippen LogP contribution in [0, 0.1) is 0 Å². The second-order valence-corrected chi connectivity index (χ2v) is 4.93. The van der Waals surface area contributed by atoms with Gasteiger partial charge in [-0.2, -0.15) is 0 Å². The third kappa shape index (κ3) is 5.61. The number of carbonyl (C=O) groups is 1. The van der Waals surface area contributed by atoms with Gasteiger partial charge in [0.05, 0.1) is 11.2 Å². The summed E-state index contributed by atoms with van der Waals surface area (Å²) >= 11 is 0. The summed E-state index contributed by atoms with van der Waals surface area (Å²) in [5.41, 5.74) is 1.09. The first-order valence-corrected chi connectivity index (χ1v) is 6.95. The van der Waals surface area contributed by atoms with Crippen molar-refractivity contribution in [3.8, 4) is 5.75 Å². The van der Waals surface area contributed by atoms with Gasteiger partial charge >= 0.3 is 5.97 Å². The first-order chi connectivity index (χ1) is 10.7. The summed E-state index contributed by atoms with van der Waals surface area (Å²) in [6.45, 7) is 5.78. The Morgan fingerprint density at radius 3 is 2.70 bits per heavy atom. The number of benzene rings is 1. The first kappa shape index (κ1) is 12.2. The lowest BCUT2D eigenvalue weighted by Gasteiger charge is -2.27. The fourth-order valence-corrected chi connectivity index (χ4v) is 2.29. The number of carboxylic acid groups (broad SMARTS) is 1. The van der Waals surface area contributed by atoms with Gasteiger partial charge in [-0.15, -0.1) is 0 Å². The molecule has 1 N–H and O–H groups in total. The number of ether oxygens (including phenoxy) is 1. The van der Waals surface area contributed by atoms with E-state index in [4.69, 9.17) is 14.0 Å². The molecule has 0 spiro atoms. The molecule has 112 valence electrons. The molecule has 1 unspecified atom stereocenters. The van der Waals surface area contributed by atoms with Crippen LogP contribution in [0.5, 0.6) is 5.75 Å². The highest BCUT2D eigenvalue weighted by molar-refractivity contribution is 5.66. The van der Waals surface area contributed by atoms with E-state index in [0.29, 0.717) is 12.2 Å². The second-order valence-electron chi connectivity index (χ2n) is 4.93. The number of hydrogen-bond acceptors (Lipinski definition) is 3. The minimum atomic E-state index is -2.43. The molecule has 1 rings (SSSR count). The Bertz CT molecular complexity index is 488. The number of likely N-dealkylation sites (N-methyl/N-ethyl adjacent to an activating group) is 1. The maximum absolute atomic E-state index is 10.6. The fraction of sp³-hybridized carbons (Fsp3) is 0.562. The molecule has 0 heterocycles. The van der Waals surface area contributed by atoms with Gasteiger partial charge in [0, 0.05) is 12.5 Å². The zero-order chi connectivity index (χ0) is 17.5. The summed E-state index contributed by atoms with van der Waals surface area (Å²) in [5.74, 6) is -0.436. The number of carboxylic acids is 1. The molecule has 0 saturated carbocycles. The molecule has 0 radical (unpaired) electrons. The average molecular weight is 282 g/mol. The van der Waals surface area contributed by atoms with Crippen molar-refractivity contribution < 1.29 is 18.8 Å². The van der Waals surface area contributed by atoms with Gasteiger partial charge in [0.25, 0.3) is 0 Å². The van der Waals surface area contributed by atoms with Gasteiger partial charge in [-0.1, -0.05) is 19.1 Å². The molecule has 0 aliphatic heterocycles. The molecule has 1 aromatic rings. The molecule has 0 aliphatic rings. The van der Waals surface area contributed by atoms with E-state index in [1.165, 1.54) is 0 Å². The molecule has 1 atom stereocenters. The van der Waals surface area contributed by atoms with Crippen LogP contribution in [0.4, 0.5) is 0 Å². The number of methoxy groups -OCH3 is 1. The predicted octanol–water partition coefficient (Wildman–Crippen LogP) is 2.81. The Kier molecular flexibility index (Phi) is 5.24. The zero-order valence-electron chi connectivity index (χ0n) is 15.1. The summed E-state index contributed by atoms with van der Waals surface area (Å²) in [7, 11) is -2.43. The molecule has 0 fully saturated rings. The van der Waals surface area contributed by atoms with Crippen LogP contribution in [0.15, 0.2) is 24.3 Å². The maximum Gasteiger partial charge on any atom is 0.303 e. The highest BCUT2D eigenvalue weighted by Gasteiger charge is 2.13. The highest BCUT2D eigenvalue weighted by Crippen LogP contribution is 2.14. The van der Waals surface area contributed by atoms with Crippen LogP contribution >= 0.6 is 0 Å². The zero-order valence-corrected chi connectivity index (χ0v) is 12.1. The summed E-state index contributed by atoms with van der Waals surface area (Å²) in [5, 5.41) is 8.71. The van der Waals surface area contributed by atoms with E-state index >= 15 is 0 Å². The van der Waals surface area contributed by atoms with Crippen LogP contribution in [0.25, 0.3) is 0 Å². The van der Waals surface area contributed by atoms with Crippen molar-refractivity contribution in [1.29, 1.82) is 0 Å². The van der Waals surface area contributed by atoms with Crippen molar-refractivity contribution in [3.63, 3.8) is 0 Å². The van der Waals surface area contributed by atoms with E-state index in [1.54, 1.807) is 12.1 Å². The molecule has 0 bridgehead atoms. The molecular weight excluding hydrogens is 254 g/mol. The Hall–Kier alpha value is -1.55. The summed E-state index contributed by atoms with van der Waals surface area (Å²) in [4.78, 5) is 12.8. The quantitative estimate of drug-likeness (QED) is 0.756. The van der Waals surface area contributed by atoms with Gasteiger partial charge in [0.1, 0.15) is 5.75 Å². The van der Waals surface area contributed by atoms with Crippen molar-refractivity contribution in [3.05, 3.63) is 29.8 Å². The monoisotopic (exact) mass is 282 g/mol. The minimum Gasteiger partial charge on any atom is -0.497 e. The van der Waals surface area contributed by atoms with Crippen LogP contribution in [-0.2, 0) is 11.2 Å². The second kappa shape index (κ2) is 8.59. The average Bonchev–Trinajstić information content (AvgIpc) is 2.43. The normalized spacial score (nSPS) is 15.2. The predicted molar refractivity (Wildman–Crippen MR) is 80.3 cm³/mol. The van der Waals surface area contributed by atoms with Crippen molar-refractivity contribution >= 4 is 5.97 Å². The molecular formula is C16H25NO3. The van der Waals surface area contributed by atoms with Gasteiger partial charge in [-0.25, -0.2) is 0 Å². The van der Waals surface area contributed by atoms with E-state index in [1.807, 2.05) is 12.1 Å². The van der Waals surface area contributed by atoms with E-state index in [0.717, 1.165) is 25.1 Å². The molecule has 4 heteroatoms. The van der Waals surface area contributed by atoms with Crippen molar-refractivity contribution in [2.75, 3.05) is 20.1 Å². The van der Waals surface area contributed by atoms with Gasteiger partial charge < -0.3 is 14.7 Å². The topological polar surface area (TPSA) is 49.8 Å². The lowest BCUT2D eigenvalue weighted by atomic mass is 10.1. The molecule has 0 amide bonds. The van der Waals surface area contributed by atoms with Crippen LogP contribution in [-0.4, -0.2) is 42.1 Å². The molecule has 0 saturated heterocycles. The molecule has 4 nitrogen and oxygen atoms in total. The van der Waals surface area contributed by atoms with Gasteiger partial charge in [-0.05, 0) is 50.6 Å². The van der Waals surface area contributed by atoms with Crippen molar-refractivity contribution in [2.45, 2.75) is 39.2 Å². The largest absolute Gasteiger partial charge is 0.497 e. The third-order valence-electron chi connectivity index (χ3n) is 3.44. The minimum absolute atomic E-state index is 0.185. The van der Waals surface area contributed by atoms with Crippen LogP contribution in [0.1, 0.15) is 36.4 Å². The van der Waals surface area contributed by atoms with E-state index in [2.05, 4.69) is 18.7 Å². The number of hydrogen-bond donors (Lipinski definition) is 1. The lowest BCUT2D eigenvalue weighted by Crippen LogP contribution is -2.35. The van der Waals surface area contributed by atoms with Crippen LogP contribution in [0.2, 0.25) is 0 Å². The molecule has 0 aromatic heterocycles. The van der Waals surface area contributed by atoms with Crippen molar-refractivity contribution in [1.82, 2.24) is 4.90 Å². The highest BCUT2D eigenvalue weighted by atomic mass is 16.5. The third-order valence-corrected chi connectivity index (χ3v) is 3.44. The van der Waals surface area contributed by atoms with Gasteiger partial charge in [0.15, 0.2) is 0 Å². The summed E-state index contributed by atoms with van der Waals surface area (Å²) in [6, 6.07) is 7.33. The lowest BCUT2D eigenvalue weighted by molar-refractivity contribution is -0.137. The standard InChI is InChI=1S/C16H25NO3/c1-4-17(11-5-6-16(18)19)13(2)12-14-7-9-15(20-3)10-8-14/h7-10,13H,4-6,11-12H2,1-3H3,(H,18,19)/i3D3. The maximum atomic E-state index is 10.6. The van der Waals surface area contributed by atoms with Crippen LogP contribution in [0.3, 0.4) is 0 Å². The number of rotatable bonds is 9. The molecule has 0 aliphatic carbocycles. The fourth-order valence-electron chi connectivity index (χ4n) is 2.29. The first-order valence-electron chi connectivity index (χ1n) is 8.45. The van der Waals surface area contributed by atoms with E-state index in [-0.39, 0.29) is 12.5 Å². The van der Waals surface area contributed by atoms with Gasteiger partial charge in [-0.3, -0.25) is 4.79 Å². The SMILES string of the molecule is [2H]C([2H])([2H])Oc1ccc(CC(C)N(CC)CCCC(=O)O)cc1. The number of nitrogens with zero attached hydrogens (tertiary/aromatic N) is 1. The van der Waals surface area contributed by atoms with Crippen LogP contribution < -0.4 is 4.74 Å². The summed E-state index contributed by atoms with van der Waals surface area (Å²) < 4.78 is 26.1. The molecule has 20 heavy (non-hydrogen) atoms. The Labute approximate surface area is 125 Å². The van der Waals surface area contributed by atoms with Gasteiger partial charge in [0.2, 0.25) is 0 Å².